The number of aryl methyl sites for hydroxylation is 2. The van der Waals surface area contributed by atoms with Crippen LogP contribution in [0.15, 0.2) is 36.4 Å². The minimum absolute atomic E-state index is 0.284. The Balaban J connectivity index is 1.14. The Labute approximate surface area is 550 Å². The quantitative estimate of drug-likeness (QED) is 0.0352. The normalized spacial score (nSPS) is 19.3. The average Bonchev–Trinajstić information content (AvgIpc) is 1.50. The third-order valence-electron chi connectivity index (χ3n) is 17.7. The molecule has 0 bridgehead atoms. The van der Waals surface area contributed by atoms with Crippen LogP contribution >= 0.6 is 0 Å². The second kappa shape index (κ2) is 35.5. The molecule has 4 unspecified atom stereocenters. The summed E-state index contributed by atoms with van der Waals surface area (Å²) in [5.41, 5.74) is 4.90. The lowest BCUT2D eigenvalue weighted by Gasteiger charge is -2.34. The fourth-order valence-electron chi connectivity index (χ4n) is 12.9. The summed E-state index contributed by atoms with van der Waals surface area (Å²) in [4.78, 5) is 0. The first kappa shape index (κ1) is 77.3. The van der Waals surface area contributed by atoms with E-state index < -0.39 is 66.5 Å². The smallest absolute Gasteiger partial charge is 0.173 e. The summed E-state index contributed by atoms with van der Waals surface area (Å²) in [7, 11) is -15.2. The molecule has 0 radical (unpaired) electrons. The Morgan fingerprint density at radius 1 is 0.337 bits per heavy atom. The van der Waals surface area contributed by atoms with E-state index in [0.29, 0.717) is 37.6 Å². The molecule has 4 atom stereocenters. The number of ether oxygens (including phenoxy) is 10. The second-order valence-corrected chi connectivity index (χ2v) is 67.3. The lowest BCUT2D eigenvalue weighted by Crippen LogP contribution is -2.44. The van der Waals surface area contributed by atoms with E-state index in [4.69, 9.17) is 63.8 Å². The monoisotopic (exact) mass is 1380 g/mol. The van der Waals surface area contributed by atoms with Gasteiger partial charge in [0.1, 0.15) is 35.9 Å². The lowest BCUT2D eigenvalue weighted by molar-refractivity contribution is 0.116. The SMILES string of the molecule is CC(C)(c1ccc(OCCC[Si](C)(C)O[Si](C)(C)CCCOCC2CO2)c(CCC[Si](C)(C)O[Si](C)(C)CCCOCC2CO2)c1)c1ccc(OCCC[Si](C)(C)O[Si](C)(C)CCCOCC2CO2)c(CCC[Si](C)(C)O[Si](C)(C)CCCOCC2CO2)c1. The minimum atomic E-state index is -1.96. The molecular weight excluding hydrogens is 1250 g/mol. The molecule has 0 aromatic heterocycles. The van der Waals surface area contributed by atoms with E-state index >= 15 is 0 Å². The molecule has 6 rings (SSSR count). The topological polar surface area (TPSA) is 142 Å². The number of hydrogen-bond acceptors (Lipinski definition) is 14. The van der Waals surface area contributed by atoms with Crippen LogP contribution in [0.2, 0.25) is 153 Å². The Kier molecular flexibility index (Phi) is 30.8. The summed E-state index contributed by atoms with van der Waals surface area (Å²) in [5.74, 6) is 2.02. The highest BCUT2D eigenvalue weighted by Gasteiger charge is 2.37. The summed E-state index contributed by atoms with van der Waals surface area (Å²) in [5, 5.41) is 0. The number of benzene rings is 2. The highest BCUT2D eigenvalue weighted by molar-refractivity contribution is 6.86. The summed E-state index contributed by atoms with van der Waals surface area (Å²) in [6.45, 7) is 53.9. The van der Waals surface area contributed by atoms with Gasteiger partial charge in [-0.05, 0) is 252 Å². The Bertz CT molecular complexity index is 2210. The molecule has 14 nitrogen and oxygen atoms in total. The van der Waals surface area contributed by atoms with Gasteiger partial charge in [0.15, 0.2) is 66.5 Å². The molecule has 4 aliphatic rings. The van der Waals surface area contributed by atoms with Gasteiger partial charge in [-0.15, -0.1) is 0 Å². The van der Waals surface area contributed by atoms with Crippen LogP contribution in [0.1, 0.15) is 87.5 Å². The molecule has 0 amide bonds. The van der Waals surface area contributed by atoms with Gasteiger partial charge in [0.25, 0.3) is 0 Å². The molecule has 0 N–H and O–H groups in total. The molecule has 0 aliphatic carbocycles. The van der Waals surface area contributed by atoms with E-state index in [-0.39, 0.29) is 5.41 Å². The van der Waals surface area contributed by atoms with Crippen LogP contribution in [0.3, 0.4) is 0 Å². The van der Waals surface area contributed by atoms with Crippen molar-refractivity contribution < 1.29 is 63.8 Å². The number of rotatable bonds is 52. The second-order valence-electron chi connectivity index (χ2n) is 31.9. The first-order valence-electron chi connectivity index (χ1n) is 34.8. The maximum Gasteiger partial charge on any atom is 0.173 e. The highest BCUT2D eigenvalue weighted by Crippen LogP contribution is 2.39. The van der Waals surface area contributed by atoms with Crippen LogP contribution in [0.4, 0.5) is 0 Å². The molecule has 4 aliphatic heterocycles. The fourth-order valence-corrected chi connectivity index (χ4v) is 48.1. The molecule has 2 aromatic rings. The van der Waals surface area contributed by atoms with Gasteiger partial charge in [-0.25, -0.2) is 0 Å². The third kappa shape index (κ3) is 32.7. The van der Waals surface area contributed by atoms with Crippen molar-refractivity contribution in [3.05, 3.63) is 58.7 Å². The zero-order chi connectivity index (χ0) is 65.0. The lowest BCUT2D eigenvalue weighted by atomic mass is 9.76. The molecule has 512 valence electrons. The summed E-state index contributed by atoms with van der Waals surface area (Å²) in [6, 6.07) is 22.9. The van der Waals surface area contributed by atoms with Crippen LogP contribution in [-0.2, 0) is 72.6 Å². The van der Waals surface area contributed by atoms with Gasteiger partial charge in [0.2, 0.25) is 0 Å². The molecule has 0 spiro atoms. The van der Waals surface area contributed by atoms with Crippen molar-refractivity contribution in [2.24, 2.45) is 0 Å². The summed E-state index contributed by atoms with van der Waals surface area (Å²) >= 11 is 0. The fraction of sp³-hybridized carbons (Fsp3) is 0.821. The molecule has 2 aromatic carbocycles. The van der Waals surface area contributed by atoms with Gasteiger partial charge in [-0.2, -0.15) is 0 Å². The van der Waals surface area contributed by atoms with Crippen LogP contribution in [-0.4, -0.2) is 183 Å². The third-order valence-corrected chi connectivity index (χ3v) is 47.8. The van der Waals surface area contributed by atoms with Crippen molar-refractivity contribution in [2.45, 2.75) is 261 Å². The molecule has 4 saturated heterocycles. The van der Waals surface area contributed by atoms with E-state index in [2.05, 4.69) is 155 Å². The minimum Gasteiger partial charge on any atom is -0.493 e. The molecule has 4 heterocycles. The number of epoxide rings is 4. The van der Waals surface area contributed by atoms with Gasteiger partial charge < -0.3 is 63.8 Å². The van der Waals surface area contributed by atoms with Gasteiger partial charge >= 0.3 is 0 Å². The van der Waals surface area contributed by atoms with E-state index in [1.165, 1.54) is 22.3 Å². The molecular formula is C67H128O14Si8. The van der Waals surface area contributed by atoms with E-state index in [1.54, 1.807) is 0 Å². The zero-order valence-electron chi connectivity index (χ0n) is 59.6. The predicted octanol–water partition coefficient (Wildman–Crippen LogP) is 16.3. The van der Waals surface area contributed by atoms with Crippen LogP contribution in [0.5, 0.6) is 11.5 Å². The molecule has 4 fully saturated rings. The standard InChI is InChI=1S/C67H128O14Si8/c1-67(2,59-29-31-65(72-37-25-45-88(15,16)80-86(11,12)43-23-35-70-51-63-55-76-63)57(47-59)27-19-39-82(3,4)78-84(7,8)41-21-33-68-49-61-53-74-61)60-30-32-66(73-38-26-46-89(17,18)81-87(13,14)44-24-36-71-52-64-56-77-64)58(48-60)28-20-40-83(5,6)79-85(9,10)42-22-34-69-50-62-54-75-62/h29-32,47-48,61-64H,19-28,33-46,49-56H2,1-18H3. The average molecular weight is 1380 g/mol. The Morgan fingerprint density at radius 2 is 0.562 bits per heavy atom. The molecule has 0 saturated carbocycles. The van der Waals surface area contributed by atoms with Crippen molar-refractivity contribution >= 4 is 66.5 Å². The van der Waals surface area contributed by atoms with E-state index in [1.807, 2.05) is 0 Å². The highest BCUT2D eigenvalue weighted by atomic mass is 28.4. The molecule has 22 heteroatoms. The summed E-state index contributed by atoms with van der Waals surface area (Å²) in [6.07, 6.45) is 11.4. The Hall–Kier alpha value is -0.705. The van der Waals surface area contributed by atoms with Crippen molar-refractivity contribution in [2.75, 3.05) is 92.5 Å². The van der Waals surface area contributed by atoms with Crippen molar-refractivity contribution in [3.63, 3.8) is 0 Å². The zero-order valence-corrected chi connectivity index (χ0v) is 67.6. The van der Waals surface area contributed by atoms with Crippen LogP contribution in [0, 0.1) is 0 Å². The Morgan fingerprint density at radius 3 is 0.798 bits per heavy atom. The summed E-state index contributed by atoms with van der Waals surface area (Å²) < 4.78 is 87.1. The van der Waals surface area contributed by atoms with Crippen molar-refractivity contribution in [3.8, 4) is 11.5 Å². The predicted molar refractivity (Wildman–Crippen MR) is 385 cm³/mol. The van der Waals surface area contributed by atoms with Gasteiger partial charge in [-0.3, -0.25) is 0 Å². The van der Waals surface area contributed by atoms with Gasteiger partial charge in [0, 0.05) is 31.8 Å². The van der Waals surface area contributed by atoms with E-state index in [0.717, 1.165) is 203 Å². The van der Waals surface area contributed by atoms with Crippen molar-refractivity contribution in [1.29, 1.82) is 0 Å². The largest absolute Gasteiger partial charge is 0.493 e. The first-order valence-corrected chi connectivity index (χ1v) is 59.7. The number of hydrogen-bond donors (Lipinski definition) is 0. The maximum atomic E-state index is 7.18. The van der Waals surface area contributed by atoms with Gasteiger partial charge in [0.05, 0.1) is 66.1 Å². The van der Waals surface area contributed by atoms with Crippen LogP contribution in [0.25, 0.3) is 0 Å². The van der Waals surface area contributed by atoms with Crippen LogP contribution < -0.4 is 9.47 Å². The first-order chi connectivity index (χ1) is 41.7. The van der Waals surface area contributed by atoms with Crippen molar-refractivity contribution in [1.82, 2.24) is 0 Å². The van der Waals surface area contributed by atoms with Gasteiger partial charge in [-0.1, -0.05) is 38.1 Å². The van der Waals surface area contributed by atoms with E-state index in [9.17, 15) is 0 Å². The molecule has 89 heavy (non-hydrogen) atoms. The maximum absolute atomic E-state index is 7.18.